The first kappa shape index (κ1) is 15.4. The number of rotatable bonds is 7. The lowest BCUT2D eigenvalue weighted by Crippen LogP contribution is -1.99. The summed E-state index contributed by atoms with van der Waals surface area (Å²) in [6, 6.07) is 0. The van der Waals surface area contributed by atoms with Crippen molar-refractivity contribution in [2.75, 3.05) is 6.61 Å². The van der Waals surface area contributed by atoms with E-state index in [2.05, 4.69) is 46.8 Å². The lowest BCUT2D eigenvalue weighted by atomic mass is 9.94. The van der Waals surface area contributed by atoms with E-state index in [0.29, 0.717) is 18.4 Å². The molecular formula is C15H28O. The van der Waals surface area contributed by atoms with Gasteiger partial charge in [-0.25, -0.2) is 0 Å². The molecule has 0 amide bonds. The highest BCUT2D eigenvalue weighted by Crippen LogP contribution is 2.19. The molecule has 0 spiro atoms. The molecule has 0 aromatic rings. The summed E-state index contributed by atoms with van der Waals surface area (Å²) in [7, 11) is 0. The van der Waals surface area contributed by atoms with Crippen molar-refractivity contribution in [1.29, 1.82) is 0 Å². The third-order valence-electron chi connectivity index (χ3n) is 2.89. The van der Waals surface area contributed by atoms with Crippen LogP contribution in [0.5, 0.6) is 0 Å². The van der Waals surface area contributed by atoms with Gasteiger partial charge in [0.1, 0.15) is 0 Å². The highest BCUT2D eigenvalue weighted by atomic mass is 16.3. The molecule has 0 aromatic heterocycles. The van der Waals surface area contributed by atoms with Crippen LogP contribution in [-0.4, -0.2) is 11.7 Å². The second-order valence-electron chi connectivity index (χ2n) is 5.27. The zero-order valence-corrected chi connectivity index (χ0v) is 11.6. The van der Waals surface area contributed by atoms with Crippen molar-refractivity contribution in [1.82, 2.24) is 0 Å². The Bertz CT molecular complexity index is 232. The van der Waals surface area contributed by atoms with Crippen LogP contribution >= 0.6 is 0 Å². The minimum atomic E-state index is 0.306. The maximum Gasteiger partial charge on any atom is 0.0433 e. The van der Waals surface area contributed by atoms with Crippen molar-refractivity contribution in [2.45, 2.75) is 53.9 Å². The zero-order valence-electron chi connectivity index (χ0n) is 11.6. The molecule has 1 unspecified atom stereocenters. The molecule has 0 aliphatic carbocycles. The number of allylic oxidation sites excluding steroid dienone is 4. The second-order valence-corrected chi connectivity index (χ2v) is 5.27. The largest absolute Gasteiger partial charge is 0.396 e. The van der Waals surface area contributed by atoms with Gasteiger partial charge in [0.05, 0.1) is 0 Å². The van der Waals surface area contributed by atoms with Gasteiger partial charge in [-0.05, 0) is 44.9 Å². The molecule has 0 bridgehead atoms. The van der Waals surface area contributed by atoms with Crippen molar-refractivity contribution in [3.05, 3.63) is 23.3 Å². The molecule has 0 rings (SSSR count). The Hall–Kier alpha value is -0.560. The first-order chi connectivity index (χ1) is 7.47. The molecule has 1 nitrogen and oxygen atoms in total. The molecule has 0 aliphatic rings. The Kier molecular flexibility index (Phi) is 8.28. The number of hydrogen-bond donors (Lipinski definition) is 1. The summed E-state index contributed by atoms with van der Waals surface area (Å²) in [6.45, 7) is 11.3. The second kappa shape index (κ2) is 8.58. The SMILES string of the molecule is CC(C)=CC/C(=C/CC(C)CCO)C(C)C. The topological polar surface area (TPSA) is 20.2 Å². The van der Waals surface area contributed by atoms with Crippen LogP contribution in [0.15, 0.2) is 23.3 Å². The number of hydrogen-bond acceptors (Lipinski definition) is 1. The van der Waals surface area contributed by atoms with Crippen LogP contribution in [-0.2, 0) is 0 Å². The molecule has 0 saturated carbocycles. The molecule has 1 N–H and O–H groups in total. The molecule has 16 heavy (non-hydrogen) atoms. The van der Waals surface area contributed by atoms with Crippen LogP contribution < -0.4 is 0 Å². The lowest BCUT2D eigenvalue weighted by Gasteiger charge is -2.12. The van der Waals surface area contributed by atoms with Gasteiger partial charge in [0.15, 0.2) is 0 Å². The molecule has 1 atom stereocenters. The van der Waals surface area contributed by atoms with Crippen molar-refractivity contribution in [2.24, 2.45) is 11.8 Å². The predicted molar refractivity (Wildman–Crippen MR) is 72.5 cm³/mol. The molecule has 0 heterocycles. The Balaban J connectivity index is 4.30. The fourth-order valence-corrected chi connectivity index (χ4v) is 1.57. The highest BCUT2D eigenvalue weighted by Gasteiger charge is 2.04. The van der Waals surface area contributed by atoms with Crippen LogP contribution in [0.2, 0.25) is 0 Å². The van der Waals surface area contributed by atoms with Gasteiger partial charge in [-0.1, -0.05) is 44.1 Å². The molecular weight excluding hydrogens is 196 g/mol. The van der Waals surface area contributed by atoms with Gasteiger partial charge in [-0.2, -0.15) is 0 Å². The number of aliphatic hydroxyl groups excluding tert-OH is 1. The average Bonchev–Trinajstić information content (AvgIpc) is 2.17. The van der Waals surface area contributed by atoms with Crippen molar-refractivity contribution < 1.29 is 5.11 Å². The molecule has 1 heteroatoms. The summed E-state index contributed by atoms with van der Waals surface area (Å²) in [6.07, 6.45) is 7.73. The fraction of sp³-hybridized carbons (Fsp3) is 0.733. The van der Waals surface area contributed by atoms with E-state index >= 15 is 0 Å². The third-order valence-corrected chi connectivity index (χ3v) is 2.89. The van der Waals surface area contributed by atoms with Gasteiger partial charge in [0.25, 0.3) is 0 Å². The van der Waals surface area contributed by atoms with Crippen LogP contribution in [0.3, 0.4) is 0 Å². The Morgan fingerprint density at radius 2 is 1.75 bits per heavy atom. The summed E-state index contributed by atoms with van der Waals surface area (Å²) >= 11 is 0. The van der Waals surface area contributed by atoms with Gasteiger partial charge in [0, 0.05) is 6.61 Å². The Labute approximate surface area is 101 Å². The predicted octanol–water partition coefficient (Wildman–Crippen LogP) is 4.33. The quantitative estimate of drug-likeness (QED) is 0.638. The molecule has 0 fully saturated rings. The van der Waals surface area contributed by atoms with Gasteiger partial charge in [0.2, 0.25) is 0 Å². The minimum Gasteiger partial charge on any atom is -0.396 e. The molecule has 0 aliphatic heterocycles. The van der Waals surface area contributed by atoms with Crippen LogP contribution in [0.1, 0.15) is 53.9 Å². The summed E-state index contributed by atoms with van der Waals surface area (Å²) < 4.78 is 0. The lowest BCUT2D eigenvalue weighted by molar-refractivity contribution is 0.263. The standard InChI is InChI=1S/C15H28O/c1-12(2)6-8-15(13(3)4)9-7-14(5)10-11-16/h6,9,13-14,16H,7-8,10-11H2,1-5H3/b15-9-. The van der Waals surface area contributed by atoms with Crippen LogP contribution in [0.25, 0.3) is 0 Å². The van der Waals surface area contributed by atoms with Crippen LogP contribution in [0.4, 0.5) is 0 Å². The molecule has 0 radical (unpaired) electrons. The summed E-state index contributed by atoms with van der Waals surface area (Å²) in [4.78, 5) is 0. The van der Waals surface area contributed by atoms with E-state index in [-0.39, 0.29) is 0 Å². The van der Waals surface area contributed by atoms with E-state index in [9.17, 15) is 0 Å². The Morgan fingerprint density at radius 1 is 1.12 bits per heavy atom. The van der Waals surface area contributed by atoms with Crippen LogP contribution in [0, 0.1) is 11.8 Å². The van der Waals surface area contributed by atoms with Crippen molar-refractivity contribution in [3.8, 4) is 0 Å². The molecule has 0 aromatic carbocycles. The van der Waals surface area contributed by atoms with Crippen molar-refractivity contribution in [3.63, 3.8) is 0 Å². The fourth-order valence-electron chi connectivity index (χ4n) is 1.57. The van der Waals surface area contributed by atoms with E-state index in [1.807, 2.05) is 0 Å². The Morgan fingerprint density at radius 3 is 2.19 bits per heavy atom. The minimum absolute atomic E-state index is 0.306. The summed E-state index contributed by atoms with van der Waals surface area (Å²) in [5.74, 6) is 1.21. The average molecular weight is 224 g/mol. The molecule has 0 saturated heterocycles. The van der Waals surface area contributed by atoms with Gasteiger partial charge in [-0.3, -0.25) is 0 Å². The van der Waals surface area contributed by atoms with E-state index in [4.69, 9.17) is 5.11 Å². The van der Waals surface area contributed by atoms with E-state index < -0.39 is 0 Å². The zero-order chi connectivity index (χ0) is 12.6. The maximum absolute atomic E-state index is 8.86. The first-order valence-electron chi connectivity index (χ1n) is 6.40. The first-order valence-corrected chi connectivity index (χ1v) is 6.40. The van der Waals surface area contributed by atoms with Gasteiger partial charge in [-0.15, -0.1) is 0 Å². The smallest absolute Gasteiger partial charge is 0.0433 e. The summed E-state index contributed by atoms with van der Waals surface area (Å²) in [5, 5.41) is 8.86. The highest BCUT2D eigenvalue weighted by molar-refractivity contribution is 5.12. The maximum atomic E-state index is 8.86. The molecule has 94 valence electrons. The monoisotopic (exact) mass is 224 g/mol. The van der Waals surface area contributed by atoms with Gasteiger partial charge < -0.3 is 5.11 Å². The van der Waals surface area contributed by atoms with E-state index in [0.717, 1.165) is 19.3 Å². The van der Waals surface area contributed by atoms with Gasteiger partial charge >= 0.3 is 0 Å². The van der Waals surface area contributed by atoms with E-state index in [1.54, 1.807) is 0 Å². The van der Waals surface area contributed by atoms with Crippen molar-refractivity contribution >= 4 is 0 Å². The number of aliphatic hydroxyl groups is 1. The normalized spacial score (nSPS) is 14.1. The summed E-state index contributed by atoms with van der Waals surface area (Å²) in [5.41, 5.74) is 2.90. The third kappa shape index (κ3) is 7.70. The van der Waals surface area contributed by atoms with E-state index in [1.165, 1.54) is 11.1 Å².